The average molecular weight is 411 g/mol. The molecule has 0 unspecified atom stereocenters. The minimum absolute atomic E-state index is 0.0122. The summed E-state index contributed by atoms with van der Waals surface area (Å²) in [6, 6.07) is 15.7. The number of carbonyl (C=O) groups is 2. The van der Waals surface area contributed by atoms with Crippen molar-refractivity contribution < 1.29 is 14.3 Å². The lowest BCUT2D eigenvalue weighted by molar-refractivity contribution is -0.125. The van der Waals surface area contributed by atoms with Gasteiger partial charge in [0.05, 0.1) is 18.7 Å². The first-order valence-corrected chi connectivity index (χ1v) is 9.46. The Morgan fingerprint density at radius 1 is 1.28 bits per heavy atom. The van der Waals surface area contributed by atoms with Crippen LogP contribution in [0.15, 0.2) is 54.6 Å². The summed E-state index contributed by atoms with van der Waals surface area (Å²) in [5, 5.41) is 10.8. The second-order valence-electron chi connectivity index (χ2n) is 6.68. The highest BCUT2D eigenvalue weighted by Gasteiger charge is 2.35. The van der Waals surface area contributed by atoms with Gasteiger partial charge >= 0.3 is 0 Å². The number of hydrogen-bond donors (Lipinski definition) is 2. The molecule has 8 heteroatoms. The van der Waals surface area contributed by atoms with Crippen molar-refractivity contribution in [1.29, 1.82) is 0 Å². The number of aromatic nitrogens is 2. The average Bonchev–Trinajstić information content (AvgIpc) is 3.06. The van der Waals surface area contributed by atoms with Crippen LogP contribution in [0.25, 0.3) is 11.1 Å². The monoisotopic (exact) mass is 410 g/mol. The van der Waals surface area contributed by atoms with Crippen LogP contribution in [-0.4, -0.2) is 28.7 Å². The van der Waals surface area contributed by atoms with E-state index in [2.05, 4.69) is 15.7 Å². The van der Waals surface area contributed by atoms with E-state index in [9.17, 15) is 9.59 Å². The summed E-state index contributed by atoms with van der Waals surface area (Å²) in [6.07, 6.45) is -0.0122. The minimum atomic E-state index is -0.786. The van der Waals surface area contributed by atoms with Gasteiger partial charge in [0.25, 0.3) is 0 Å². The van der Waals surface area contributed by atoms with E-state index in [-0.39, 0.29) is 24.8 Å². The molecule has 3 aromatic rings. The normalized spacial score (nSPS) is 15.5. The Balaban J connectivity index is 1.75. The summed E-state index contributed by atoms with van der Waals surface area (Å²) in [5.74, 6) is -0.0926. The fraction of sp³-hybridized carbons (Fsp3) is 0.190. The number of ether oxygens (including phenoxy) is 1. The van der Waals surface area contributed by atoms with Gasteiger partial charge in [-0.05, 0) is 23.8 Å². The molecule has 1 aromatic heterocycles. The van der Waals surface area contributed by atoms with Crippen molar-refractivity contribution in [3.63, 3.8) is 0 Å². The van der Waals surface area contributed by atoms with Gasteiger partial charge in [-0.2, -0.15) is 5.10 Å². The number of halogens is 1. The van der Waals surface area contributed by atoms with Crippen molar-refractivity contribution in [3.8, 4) is 11.1 Å². The molecule has 1 aliphatic heterocycles. The minimum Gasteiger partial charge on any atom is -0.378 e. The molecular formula is C21H19ClN4O3. The van der Waals surface area contributed by atoms with E-state index in [1.54, 1.807) is 36.1 Å². The Morgan fingerprint density at radius 2 is 2.07 bits per heavy atom. The standard InChI is InChI=1S/C21H19ClN4O3/c1-29-12-16-19(13-6-3-2-4-7-13)20-24-18(27)11-17(26(20)25-16)21(28)23-15-9-5-8-14(22)10-15/h2-10,17H,11-12H2,1H3,(H,23,28)(H,24,27)/t17-/m1/s1. The number of fused-ring (bicyclic) bond motifs is 1. The summed E-state index contributed by atoms with van der Waals surface area (Å²) in [7, 11) is 1.58. The Bertz CT molecular complexity index is 1070. The number of nitrogens with one attached hydrogen (secondary N) is 2. The molecule has 7 nitrogen and oxygen atoms in total. The molecule has 0 bridgehead atoms. The van der Waals surface area contributed by atoms with Gasteiger partial charge in [0.15, 0.2) is 0 Å². The van der Waals surface area contributed by atoms with Gasteiger partial charge < -0.3 is 15.4 Å². The zero-order valence-electron chi connectivity index (χ0n) is 15.7. The molecule has 1 atom stereocenters. The molecule has 2 amide bonds. The molecule has 4 rings (SSSR count). The lowest BCUT2D eigenvalue weighted by Gasteiger charge is -2.24. The highest BCUT2D eigenvalue weighted by atomic mass is 35.5. The van der Waals surface area contributed by atoms with Crippen molar-refractivity contribution in [2.45, 2.75) is 19.1 Å². The van der Waals surface area contributed by atoms with E-state index >= 15 is 0 Å². The molecule has 1 aliphatic rings. The van der Waals surface area contributed by atoms with Gasteiger partial charge in [-0.15, -0.1) is 0 Å². The summed E-state index contributed by atoms with van der Waals surface area (Å²) >= 11 is 6.00. The zero-order chi connectivity index (χ0) is 20.4. The van der Waals surface area contributed by atoms with Gasteiger partial charge in [0.1, 0.15) is 11.9 Å². The molecular weight excluding hydrogens is 392 g/mol. The number of benzene rings is 2. The van der Waals surface area contributed by atoms with Crippen molar-refractivity contribution in [2.75, 3.05) is 17.7 Å². The first-order valence-electron chi connectivity index (χ1n) is 9.09. The first-order chi connectivity index (χ1) is 14.1. The largest absolute Gasteiger partial charge is 0.378 e. The molecule has 29 heavy (non-hydrogen) atoms. The van der Waals surface area contributed by atoms with E-state index < -0.39 is 6.04 Å². The number of carbonyl (C=O) groups excluding carboxylic acids is 2. The van der Waals surface area contributed by atoms with Gasteiger partial charge in [-0.1, -0.05) is 48.0 Å². The predicted octanol–water partition coefficient (Wildman–Crippen LogP) is 3.87. The summed E-state index contributed by atoms with van der Waals surface area (Å²) in [6.45, 7) is 0.253. The van der Waals surface area contributed by atoms with E-state index in [0.717, 1.165) is 11.1 Å². The van der Waals surface area contributed by atoms with E-state index in [4.69, 9.17) is 16.3 Å². The third-order valence-corrected chi connectivity index (χ3v) is 4.89. The lowest BCUT2D eigenvalue weighted by atomic mass is 10.0. The SMILES string of the molecule is COCc1nn2c(c1-c1ccccc1)NC(=O)C[C@@H]2C(=O)Nc1cccc(Cl)c1. The van der Waals surface area contributed by atoms with Crippen LogP contribution >= 0.6 is 11.6 Å². The van der Waals surface area contributed by atoms with Crippen molar-refractivity contribution >= 4 is 34.9 Å². The lowest BCUT2D eigenvalue weighted by Crippen LogP contribution is -2.35. The highest BCUT2D eigenvalue weighted by Crippen LogP contribution is 2.37. The van der Waals surface area contributed by atoms with Crippen LogP contribution in [-0.2, 0) is 20.9 Å². The number of methoxy groups -OCH3 is 1. The molecule has 0 radical (unpaired) electrons. The zero-order valence-corrected chi connectivity index (χ0v) is 16.4. The highest BCUT2D eigenvalue weighted by molar-refractivity contribution is 6.30. The number of anilines is 2. The Labute approximate surface area is 172 Å². The molecule has 148 valence electrons. The van der Waals surface area contributed by atoms with E-state index in [1.165, 1.54) is 0 Å². The smallest absolute Gasteiger partial charge is 0.249 e. The third-order valence-electron chi connectivity index (χ3n) is 4.65. The fourth-order valence-electron chi connectivity index (χ4n) is 3.41. The van der Waals surface area contributed by atoms with Gasteiger partial charge in [-0.25, -0.2) is 4.68 Å². The quantitative estimate of drug-likeness (QED) is 0.668. The van der Waals surface area contributed by atoms with Crippen LogP contribution < -0.4 is 10.6 Å². The van der Waals surface area contributed by atoms with Crippen LogP contribution in [0.1, 0.15) is 18.2 Å². The molecule has 0 spiro atoms. The fourth-order valence-corrected chi connectivity index (χ4v) is 3.60. The van der Waals surface area contributed by atoms with Crippen LogP contribution in [0.4, 0.5) is 11.5 Å². The number of nitrogens with zero attached hydrogens (tertiary/aromatic N) is 2. The molecule has 2 aromatic carbocycles. The van der Waals surface area contributed by atoms with Crippen molar-refractivity contribution in [1.82, 2.24) is 9.78 Å². The number of amides is 2. The van der Waals surface area contributed by atoms with Crippen molar-refractivity contribution in [2.24, 2.45) is 0 Å². The Kier molecular flexibility index (Phi) is 5.33. The molecule has 2 N–H and O–H groups in total. The van der Waals surface area contributed by atoms with Gasteiger partial charge in [-0.3, -0.25) is 9.59 Å². The van der Waals surface area contributed by atoms with Crippen LogP contribution in [0.2, 0.25) is 5.02 Å². The molecule has 0 aliphatic carbocycles. The van der Waals surface area contributed by atoms with Crippen LogP contribution in [0.5, 0.6) is 0 Å². The molecule has 2 heterocycles. The van der Waals surface area contributed by atoms with Gasteiger partial charge in [0.2, 0.25) is 11.8 Å². The summed E-state index contributed by atoms with van der Waals surface area (Å²) in [4.78, 5) is 25.4. The van der Waals surface area contributed by atoms with Crippen molar-refractivity contribution in [3.05, 3.63) is 65.3 Å². The first kappa shape index (κ1) is 19.2. The Hall–Kier alpha value is -3.16. The van der Waals surface area contributed by atoms with E-state index in [0.29, 0.717) is 22.2 Å². The predicted molar refractivity (Wildman–Crippen MR) is 111 cm³/mol. The maximum atomic E-state index is 13.0. The maximum Gasteiger partial charge on any atom is 0.249 e. The molecule has 0 saturated heterocycles. The molecule has 0 saturated carbocycles. The number of hydrogen-bond acceptors (Lipinski definition) is 4. The second-order valence-corrected chi connectivity index (χ2v) is 7.12. The molecule has 0 fully saturated rings. The van der Waals surface area contributed by atoms with Crippen LogP contribution in [0, 0.1) is 0 Å². The maximum absolute atomic E-state index is 13.0. The summed E-state index contributed by atoms with van der Waals surface area (Å²) in [5.41, 5.74) is 2.84. The number of rotatable bonds is 5. The second kappa shape index (κ2) is 8.06. The van der Waals surface area contributed by atoms with Crippen LogP contribution in [0.3, 0.4) is 0 Å². The Morgan fingerprint density at radius 3 is 2.79 bits per heavy atom. The summed E-state index contributed by atoms with van der Waals surface area (Å²) < 4.78 is 6.86. The van der Waals surface area contributed by atoms with E-state index in [1.807, 2.05) is 30.3 Å². The van der Waals surface area contributed by atoms with Gasteiger partial charge in [0, 0.05) is 23.4 Å². The third kappa shape index (κ3) is 3.87. The topological polar surface area (TPSA) is 85.2 Å².